The van der Waals surface area contributed by atoms with Crippen LogP contribution in [0.4, 0.5) is 0 Å². The lowest BCUT2D eigenvalue weighted by Gasteiger charge is -2.21. The third-order valence-electron chi connectivity index (χ3n) is 4.06. The van der Waals surface area contributed by atoms with Crippen LogP contribution in [-0.4, -0.2) is 61.3 Å². The zero-order valence-electron chi connectivity index (χ0n) is 14.6. The summed E-state index contributed by atoms with van der Waals surface area (Å²) in [7, 11) is 1.62. The van der Waals surface area contributed by atoms with Crippen molar-refractivity contribution in [3.05, 3.63) is 29.8 Å². The highest BCUT2D eigenvalue weighted by molar-refractivity contribution is 5.87. The van der Waals surface area contributed by atoms with Crippen LogP contribution in [0, 0.1) is 0 Å². The van der Waals surface area contributed by atoms with Crippen molar-refractivity contribution in [3.8, 4) is 5.75 Å². The number of methoxy groups -OCH3 is 1. The largest absolute Gasteiger partial charge is 0.491 e. The van der Waals surface area contributed by atoms with Gasteiger partial charge in [0, 0.05) is 20.2 Å². The molecule has 0 radical (unpaired) electrons. The van der Waals surface area contributed by atoms with Crippen molar-refractivity contribution in [1.29, 1.82) is 0 Å². The number of aliphatic hydroxyl groups excluding tert-OH is 1. The van der Waals surface area contributed by atoms with E-state index in [1.807, 2.05) is 24.3 Å². The number of carbonyl (C=O) groups is 2. The summed E-state index contributed by atoms with van der Waals surface area (Å²) < 4.78 is 10.4. The van der Waals surface area contributed by atoms with Gasteiger partial charge >= 0.3 is 0 Å². The molecule has 1 atom stereocenters. The van der Waals surface area contributed by atoms with Crippen LogP contribution >= 0.6 is 0 Å². The van der Waals surface area contributed by atoms with Gasteiger partial charge in [0.2, 0.25) is 5.91 Å². The Morgan fingerprint density at radius 1 is 1.28 bits per heavy atom. The topological polar surface area (TPSA) is 88.1 Å². The molecule has 0 saturated carbocycles. The number of aliphatic hydroxyl groups is 1. The number of nitrogens with one attached hydrogen (secondary N) is 1. The molecular weight excluding hydrogens is 324 g/mol. The van der Waals surface area contributed by atoms with Crippen LogP contribution in [0.25, 0.3) is 0 Å². The summed E-state index contributed by atoms with van der Waals surface area (Å²) in [5.41, 5.74) is 0.940. The number of hydrogen-bond acceptors (Lipinski definition) is 5. The zero-order valence-corrected chi connectivity index (χ0v) is 14.6. The van der Waals surface area contributed by atoms with E-state index in [-0.39, 0.29) is 18.4 Å². The molecular formula is C18H26N2O5. The van der Waals surface area contributed by atoms with Crippen molar-refractivity contribution in [1.82, 2.24) is 10.2 Å². The summed E-state index contributed by atoms with van der Waals surface area (Å²) in [4.78, 5) is 25.5. The highest BCUT2D eigenvalue weighted by Crippen LogP contribution is 2.13. The molecule has 1 aromatic carbocycles. The molecule has 2 N–H and O–H groups in total. The normalized spacial score (nSPS) is 17.9. The van der Waals surface area contributed by atoms with Gasteiger partial charge in [0.25, 0.3) is 5.91 Å². The number of likely N-dealkylation sites (tertiary alicyclic amines) is 1. The maximum atomic E-state index is 12.1. The summed E-state index contributed by atoms with van der Waals surface area (Å²) in [6, 6.07) is 7.43. The molecule has 0 aromatic heterocycles. The average molecular weight is 350 g/mol. The highest BCUT2D eigenvalue weighted by atomic mass is 16.5. The first kappa shape index (κ1) is 19.2. The fraction of sp³-hybridized carbons (Fsp3) is 0.556. The number of benzene rings is 1. The van der Waals surface area contributed by atoms with E-state index in [1.165, 1.54) is 4.90 Å². The molecule has 138 valence electrons. The van der Waals surface area contributed by atoms with Gasteiger partial charge in [0.05, 0.1) is 13.2 Å². The third kappa shape index (κ3) is 6.36. The van der Waals surface area contributed by atoms with Crippen LogP contribution < -0.4 is 10.1 Å². The SMILES string of the molecule is COCCOc1ccc(CNC(=O)CN2CCCCC(O)C2=O)cc1. The standard InChI is InChI=1S/C18H26N2O5/c1-24-10-11-25-15-7-5-14(6-8-15)12-19-17(22)13-20-9-3-2-4-16(21)18(20)23/h5-8,16,21H,2-4,9-13H2,1H3,(H,19,22). The molecule has 2 rings (SSSR count). The second kappa shape index (κ2) is 10.0. The second-order valence-electron chi connectivity index (χ2n) is 6.03. The molecule has 1 aliphatic heterocycles. The molecule has 0 bridgehead atoms. The molecule has 1 fully saturated rings. The molecule has 25 heavy (non-hydrogen) atoms. The average Bonchev–Trinajstić information content (AvgIpc) is 2.77. The lowest BCUT2D eigenvalue weighted by Crippen LogP contribution is -2.44. The van der Waals surface area contributed by atoms with E-state index >= 15 is 0 Å². The van der Waals surface area contributed by atoms with Crippen LogP contribution in [0.3, 0.4) is 0 Å². The first-order chi connectivity index (χ1) is 12.1. The molecule has 1 heterocycles. The van der Waals surface area contributed by atoms with E-state index in [0.29, 0.717) is 32.7 Å². The van der Waals surface area contributed by atoms with Gasteiger partial charge in [-0.2, -0.15) is 0 Å². The lowest BCUT2D eigenvalue weighted by molar-refractivity contribution is -0.142. The predicted molar refractivity (Wildman–Crippen MR) is 92.1 cm³/mol. The van der Waals surface area contributed by atoms with Crippen molar-refractivity contribution in [2.45, 2.75) is 31.9 Å². The minimum atomic E-state index is -0.985. The maximum absolute atomic E-state index is 12.1. The summed E-state index contributed by atoms with van der Waals surface area (Å²) in [5.74, 6) is 0.157. The van der Waals surface area contributed by atoms with Crippen LogP contribution in [0.15, 0.2) is 24.3 Å². The Kier molecular flexibility index (Phi) is 7.69. The first-order valence-electron chi connectivity index (χ1n) is 8.54. The number of amides is 2. The smallest absolute Gasteiger partial charge is 0.251 e. The van der Waals surface area contributed by atoms with Gasteiger partial charge in [-0.25, -0.2) is 0 Å². The molecule has 7 heteroatoms. The van der Waals surface area contributed by atoms with E-state index in [0.717, 1.165) is 24.2 Å². The van der Waals surface area contributed by atoms with E-state index in [9.17, 15) is 14.7 Å². The zero-order chi connectivity index (χ0) is 18.1. The van der Waals surface area contributed by atoms with Gasteiger partial charge in [-0.05, 0) is 37.0 Å². The Hall–Kier alpha value is -2.12. The summed E-state index contributed by atoms with van der Waals surface area (Å²) in [5, 5.41) is 12.5. The fourth-order valence-corrected chi connectivity index (χ4v) is 2.62. The summed E-state index contributed by atoms with van der Waals surface area (Å²) >= 11 is 0. The van der Waals surface area contributed by atoms with Crippen molar-refractivity contribution in [2.24, 2.45) is 0 Å². The van der Waals surface area contributed by atoms with Gasteiger partial charge in [-0.15, -0.1) is 0 Å². The third-order valence-corrected chi connectivity index (χ3v) is 4.06. The fourth-order valence-electron chi connectivity index (χ4n) is 2.62. The van der Waals surface area contributed by atoms with Crippen LogP contribution in [0.1, 0.15) is 24.8 Å². The Morgan fingerprint density at radius 3 is 2.76 bits per heavy atom. The Morgan fingerprint density at radius 2 is 2.04 bits per heavy atom. The maximum Gasteiger partial charge on any atom is 0.251 e. The molecule has 1 aliphatic rings. The number of rotatable bonds is 8. The van der Waals surface area contributed by atoms with E-state index in [1.54, 1.807) is 7.11 Å². The van der Waals surface area contributed by atoms with Crippen molar-refractivity contribution < 1.29 is 24.2 Å². The molecule has 2 amide bonds. The Labute approximate surface area is 147 Å². The number of ether oxygens (including phenoxy) is 2. The van der Waals surface area contributed by atoms with Crippen molar-refractivity contribution >= 4 is 11.8 Å². The monoisotopic (exact) mass is 350 g/mol. The highest BCUT2D eigenvalue weighted by Gasteiger charge is 2.26. The van der Waals surface area contributed by atoms with E-state index in [4.69, 9.17) is 9.47 Å². The van der Waals surface area contributed by atoms with Gasteiger partial charge < -0.3 is 24.8 Å². The predicted octanol–water partition coefficient (Wildman–Crippen LogP) is 0.701. The second-order valence-corrected chi connectivity index (χ2v) is 6.03. The number of hydrogen-bond donors (Lipinski definition) is 2. The van der Waals surface area contributed by atoms with Gasteiger partial charge in [0.1, 0.15) is 18.5 Å². The molecule has 1 aromatic rings. The van der Waals surface area contributed by atoms with Crippen LogP contribution in [-0.2, 0) is 20.9 Å². The minimum Gasteiger partial charge on any atom is -0.491 e. The number of nitrogens with zero attached hydrogens (tertiary/aromatic N) is 1. The molecule has 1 unspecified atom stereocenters. The molecule has 7 nitrogen and oxygen atoms in total. The van der Waals surface area contributed by atoms with Crippen molar-refractivity contribution in [3.63, 3.8) is 0 Å². The van der Waals surface area contributed by atoms with Gasteiger partial charge in [-0.3, -0.25) is 9.59 Å². The quantitative estimate of drug-likeness (QED) is 0.674. The Bertz CT molecular complexity index is 561. The van der Waals surface area contributed by atoms with E-state index < -0.39 is 6.10 Å². The van der Waals surface area contributed by atoms with Crippen molar-refractivity contribution in [2.75, 3.05) is 33.4 Å². The van der Waals surface area contributed by atoms with Crippen LogP contribution in [0.5, 0.6) is 5.75 Å². The Balaban J connectivity index is 1.76. The van der Waals surface area contributed by atoms with Gasteiger partial charge in [-0.1, -0.05) is 12.1 Å². The lowest BCUT2D eigenvalue weighted by atomic mass is 10.2. The minimum absolute atomic E-state index is 0.0197. The molecule has 0 spiro atoms. The van der Waals surface area contributed by atoms with E-state index in [2.05, 4.69) is 5.32 Å². The first-order valence-corrected chi connectivity index (χ1v) is 8.54. The molecule has 1 saturated heterocycles. The summed E-state index contributed by atoms with van der Waals surface area (Å²) in [6.07, 6.45) is 1.08. The molecule has 0 aliphatic carbocycles. The number of carbonyl (C=O) groups excluding carboxylic acids is 2. The van der Waals surface area contributed by atoms with Gasteiger partial charge in [0.15, 0.2) is 0 Å². The summed E-state index contributed by atoms with van der Waals surface area (Å²) in [6.45, 7) is 1.89. The van der Waals surface area contributed by atoms with Crippen LogP contribution in [0.2, 0.25) is 0 Å².